The molecule has 0 unspecified atom stereocenters. The van der Waals surface area contributed by atoms with Crippen molar-refractivity contribution < 1.29 is 18.0 Å². The van der Waals surface area contributed by atoms with Crippen molar-refractivity contribution >= 4 is 22.2 Å². The van der Waals surface area contributed by atoms with Crippen molar-refractivity contribution in [1.29, 1.82) is 0 Å². The number of amides is 1. The zero-order valence-electron chi connectivity index (χ0n) is 10.3. The van der Waals surface area contributed by atoms with Gasteiger partial charge in [0.2, 0.25) is 0 Å². The van der Waals surface area contributed by atoms with Gasteiger partial charge in [-0.25, -0.2) is 4.98 Å². The minimum absolute atomic E-state index is 0.192. The van der Waals surface area contributed by atoms with Crippen LogP contribution in [0, 0.1) is 0 Å². The summed E-state index contributed by atoms with van der Waals surface area (Å²) in [5, 5.41) is 3.31. The highest BCUT2D eigenvalue weighted by atomic mass is 32.1. The SMILES string of the molecule is CCc1nc2sccn2c(=O)c1C(=O)NCC(F)(F)F. The summed E-state index contributed by atoms with van der Waals surface area (Å²) >= 11 is 1.21. The van der Waals surface area contributed by atoms with Gasteiger partial charge in [0.25, 0.3) is 11.5 Å². The summed E-state index contributed by atoms with van der Waals surface area (Å²) in [4.78, 5) is 28.4. The number of nitrogens with one attached hydrogen (secondary N) is 1. The van der Waals surface area contributed by atoms with Crippen LogP contribution < -0.4 is 10.9 Å². The predicted molar refractivity (Wildman–Crippen MR) is 67.1 cm³/mol. The van der Waals surface area contributed by atoms with E-state index in [0.717, 1.165) is 4.40 Å². The quantitative estimate of drug-likeness (QED) is 0.937. The van der Waals surface area contributed by atoms with Crippen LogP contribution in [0.25, 0.3) is 4.96 Å². The van der Waals surface area contributed by atoms with E-state index >= 15 is 0 Å². The molecule has 0 spiro atoms. The molecule has 0 aliphatic carbocycles. The van der Waals surface area contributed by atoms with E-state index in [1.165, 1.54) is 17.5 Å². The molecule has 108 valence electrons. The Morgan fingerprint density at radius 2 is 2.20 bits per heavy atom. The number of halogens is 3. The van der Waals surface area contributed by atoms with Crippen molar-refractivity contribution in [3.05, 3.63) is 33.2 Å². The Kier molecular flexibility index (Phi) is 3.80. The number of carbonyl (C=O) groups is 1. The maximum atomic E-state index is 12.1. The van der Waals surface area contributed by atoms with E-state index in [4.69, 9.17) is 0 Å². The smallest absolute Gasteiger partial charge is 0.343 e. The van der Waals surface area contributed by atoms with Crippen LogP contribution in [0.2, 0.25) is 0 Å². The molecule has 1 N–H and O–H groups in total. The highest BCUT2D eigenvalue weighted by molar-refractivity contribution is 7.15. The van der Waals surface area contributed by atoms with E-state index in [0.29, 0.717) is 4.96 Å². The van der Waals surface area contributed by atoms with Gasteiger partial charge >= 0.3 is 6.18 Å². The van der Waals surface area contributed by atoms with Crippen LogP contribution in [-0.4, -0.2) is 28.0 Å². The molecule has 0 saturated heterocycles. The van der Waals surface area contributed by atoms with Gasteiger partial charge in [0.1, 0.15) is 12.1 Å². The van der Waals surface area contributed by atoms with Gasteiger partial charge in [-0.1, -0.05) is 6.92 Å². The van der Waals surface area contributed by atoms with Crippen LogP contribution in [0.3, 0.4) is 0 Å². The van der Waals surface area contributed by atoms with E-state index in [1.807, 2.05) is 0 Å². The Morgan fingerprint density at radius 1 is 1.50 bits per heavy atom. The van der Waals surface area contributed by atoms with Gasteiger partial charge in [0.15, 0.2) is 4.96 Å². The van der Waals surface area contributed by atoms with Crippen molar-refractivity contribution in [3.8, 4) is 0 Å². The highest BCUT2D eigenvalue weighted by Gasteiger charge is 2.29. The zero-order chi connectivity index (χ0) is 14.9. The molecule has 20 heavy (non-hydrogen) atoms. The van der Waals surface area contributed by atoms with Crippen LogP contribution in [0.1, 0.15) is 23.0 Å². The summed E-state index contributed by atoms with van der Waals surface area (Å²) < 4.78 is 37.5. The molecule has 5 nitrogen and oxygen atoms in total. The number of alkyl halides is 3. The number of thiazole rings is 1. The second kappa shape index (κ2) is 5.23. The fourth-order valence-corrected chi connectivity index (χ4v) is 2.40. The summed E-state index contributed by atoms with van der Waals surface area (Å²) in [6.07, 6.45) is -2.83. The standard InChI is InChI=1S/C11H10F3N3O2S/c1-2-6-7(8(18)15-5-11(12,13)14)9(19)17-3-4-20-10(17)16-6/h3-4H,2,5H2,1H3,(H,15,18). The number of aromatic nitrogens is 2. The fourth-order valence-electron chi connectivity index (χ4n) is 1.68. The van der Waals surface area contributed by atoms with E-state index in [2.05, 4.69) is 4.98 Å². The maximum absolute atomic E-state index is 12.1. The molecule has 2 aromatic rings. The first-order valence-electron chi connectivity index (χ1n) is 5.67. The van der Waals surface area contributed by atoms with Gasteiger partial charge < -0.3 is 5.32 Å². The predicted octanol–water partition coefficient (Wildman–Crippen LogP) is 1.61. The lowest BCUT2D eigenvalue weighted by Gasteiger charge is -2.10. The summed E-state index contributed by atoms with van der Waals surface area (Å²) in [5.74, 6) is -1.06. The molecule has 2 heterocycles. The summed E-state index contributed by atoms with van der Waals surface area (Å²) in [5.41, 5.74) is -0.808. The molecule has 0 bridgehead atoms. The Labute approximate surface area is 115 Å². The molecule has 9 heteroatoms. The first-order chi connectivity index (χ1) is 9.33. The topological polar surface area (TPSA) is 63.5 Å². The third-order valence-corrected chi connectivity index (χ3v) is 3.31. The zero-order valence-corrected chi connectivity index (χ0v) is 11.1. The van der Waals surface area contributed by atoms with E-state index < -0.39 is 24.2 Å². The Bertz CT molecular complexity index is 705. The second-order valence-corrected chi connectivity index (χ2v) is 4.82. The van der Waals surface area contributed by atoms with Crippen molar-refractivity contribution in [2.45, 2.75) is 19.5 Å². The molecule has 0 radical (unpaired) electrons. The van der Waals surface area contributed by atoms with Gasteiger partial charge in [-0.15, -0.1) is 11.3 Å². The number of fused-ring (bicyclic) bond motifs is 1. The molecule has 0 aromatic carbocycles. The van der Waals surface area contributed by atoms with Crippen LogP contribution in [0.5, 0.6) is 0 Å². The van der Waals surface area contributed by atoms with Crippen molar-refractivity contribution in [2.24, 2.45) is 0 Å². The minimum Gasteiger partial charge on any atom is -0.343 e. The lowest BCUT2D eigenvalue weighted by atomic mass is 10.1. The van der Waals surface area contributed by atoms with Gasteiger partial charge in [-0.2, -0.15) is 13.2 Å². The lowest BCUT2D eigenvalue weighted by Crippen LogP contribution is -2.38. The lowest BCUT2D eigenvalue weighted by molar-refractivity contribution is -0.123. The molecular weight excluding hydrogens is 295 g/mol. The monoisotopic (exact) mass is 305 g/mol. The first kappa shape index (κ1) is 14.5. The molecule has 0 saturated carbocycles. The van der Waals surface area contributed by atoms with Gasteiger partial charge in [0.05, 0.1) is 5.69 Å². The largest absolute Gasteiger partial charge is 0.405 e. The molecule has 2 rings (SSSR count). The maximum Gasteiger partial charge on any atom is 0.405 e. The van der Waals surface area contributed by atoms with Crippen LogP contribution in [0.15, 0.2) is 16.4 Å². The van der Waals surface area contributed by atoms with E-state index in [-0.39, 0.29) is 17.7 Å². The number of hydrogen-bond donors (Lipinski definition) is 1. The number of carbonyl (C=O) groups excluding carboxylic acids is 1. The molecule has 0 fully saturated rings. The van der Waals surface area contributed by atoms with Crippen molar-refractivity contribution in [2.75, 3.05) is 6.54 Å². The molecule has 1 amide bonds. The molecule has 0 aliphatic rings. The van der Waals surface area contributed by atoms with Crippen LogP contribution in [0.4, 0.5) is 13.2 Å². The number of aryl methyl sites for hydroxylation is 1. The molecular formula is C11H10F3N3O2S. The molecule has 0 atom stereocenters. The normalized spacial score (nSPS) is 11.8. The van der Waals surface area contributed by atoms with Gasteiger partial charge in [-0.05, 0) is 6.42 Å². The molecule has 0 aliphatic heterocycles. The van der Waals surface area contributed by atoms with Crippen molar-refractivity contribution in [3.63, 3.8) is 0 Å². The summed E-state index contributed by atoms with van der Waals surface area (Å²) in [7, 11) is 0. The summed E-state index contributed by atoms with van der Waals surface area (Å²) in [6.45, 7) is 0.188. The molecule has 2 aromatic heterocycles. The number of rotatable bonds is 3. The van der Waals surface area contributed by atoms with Crippen molar-refractivity contribution in [1.82, 2.24) is 14.7 Å². The van der Waals surface area contributed by atoms with E-state index in [9.17, 15) is 22.8 Å². The third kappa shape index (κ3) is 2.82. The summed E-state index contributed by atoms with van der Waals surface area (Å²) in [6, 6.07) is 0. The number of hydrogen-bond acceptors (Lipinski definition) is 4. The van der Waals surface area contributed by atoms with Gasteiger partial charge in [-0.3, -0.25) is 14.0 Å². The van der Waals surface area contributed by atoms with Gasteiger partial charge in [0, 0.05) is 11.6 Å². The minimum atomic E-state index is -4.53. The third-order valence-electron chi connectivity index (χ3n) is 2.55. The Morgan fingerprint density at radius 3 is 2.80 bits per heavy atom. The average Bonchev–Trinajstić information content (AvgIpc) is 2.83. The van der Waals surface area contributed by atoms with Crippen LogP contribution >= 0.6 is 11.3 Å². The Hall–Kier alpha value is -1.90. The Balaban J connectivity index is 2.44. The second-order valence-electron chi connectivity index (χ2n) is 3.95. The fraction of sp³-hybridized carbons (Fsp3) is 0.364. The average molecular weight is 305 g/mol. The number of nitrogens with zero attached hydrogens (tertiary/aromatic N) is 2. The highest BCUT2D eigenvalue weighted by Crippen LogP contribution is 2.14. The van der Waals surface area contributed by atoms with E-state index in [1.54, 1.807) is 17.6 Å². The van der Waals surface area contributed by atoms with Crippen LogP contribution in [-0.2, 0) is 6.42 Å². The first-order valence-corrected chi connectivity index (χ1v) is 6.55.